The fraction of sp³-hybridized carbons (Fsp3) is 1.00. The molecule has 0 spiro atoms. The Hall–Kier alpha value is -0.340. The van der Waals surface area contributed by atoms with Gasteiger partial charge in [0.1, 0.15) is 0 Å². The molecule has 0 saturated heterocycles. The van der Waals surface area contributed by atoms with Crippen molar-refractivity contribution in [3.8, 4) is 0 Å². The van der Waals surface area contributed by atoms with Gasteiger partial charge in [0.05, 0.1) is 0 Å². The molecule has 2 atom stereocenters. The number of hydrogen-bond acceptors (Lipinski definition) is 3. The Morgan fingerprint density at radius 2 is 1.83 bits per heavy atom. The zero-order valence-electron chi connectivity index (χ0n) is 10.6. The molecule has 0 aliphatic carbocycles. The van der Waals surface area contributed by atoms with Gasteiger partial charge in [0, 0.05) is 12.6 Å². The minimum Gasteiger partial charge on any atom is -0.328 e. The van der Waals surface area contributed by atoms with Crippen LogP contribution in [-0.4, -0.2) is 26.5 Å². The van der Waals surface area contributed by atoms with Crippen LogP contribution in [0.15, 0.2) is 0 Å². The lowest BCUT2D eigenvalue weighted by Gasteiger charge is -2.17. The van der Waals surface area contributed by atoms with Gasteiger partial charge in [0.25, 0.3) is 0 Å². The normalized spacial score (nSPS) is 16.6. The Bertz CT molecular complexity index is 329. The smallest absolute Gasteiger partial charge is 0.328 e. The molecule has 0 aromatic rings. The first-order chi connectivity index (χ1) is 8.10. The highest BCUT2D eigenvalue weighted by atomic mass is 32.2. The zero-order chi connectivity index (χ0) is 14.4. The van der Waals surface area contributed by atoms with E-state index in [0.29, 0.717) is 12.8 Å². The van der Waals surface area contributed by atoms with E-state index in [-0.39, 0.29) is 18.5 Å². The molecule has 0 bridgehead atoms. The van der Waals surface area contributed by atoms with Crippen LogP contribution < -0.4 is 10.5 Å². The summed E-state index contributed by atoms with van der Waals surface area (Å²) < 4.78 is 59.4. The Morgan fingerprint density at radius 3 is 2.22 bits per heavy atom. The molecule has 0 saturated carbocycles. The van der Waals surface area contributed by atoms with E-state index in [1.54, 1.807) is 4.72 Å². The quantitative estimate of drug-likeness (QED) is 0.718. The zero-order valence-corrected chi connectivity index (χ0v) is 11.4. The van der Waals surface area contributed by atoms with Gasteiger partial charge in [-0.15, -0.1) is 0 Å². The predicted octanol–water partition coefficient (Wildman–Crippen LogP) is 1.97. The summed E-state index contributed by atoms with van der Waals surface area (Å²) >= 11 is 0. The Labute approximate surface area is 106 Å². The highest BCUT2D eigenvalue weighted by Gasteiger charge is 2.45. The second kappa shape index (κ2) is 7.30. The van der Waals surface area contributed by atoms with Crippen LogP contribution >= 0.6 is 0 Å². The summed E-state index contributed by atoms with van der Waals surface area (Å²) in [6.45, 7) is 3.49. The van der Waals surface area contributed by atoms with Crippen LogP contribution in [0.3, 0.4) is 0 Å². The summed E-state index contributed by atoms with van der Waals surface area (Å²) in [5.41, 5.74) is 0.321. The van der Waals surface area contributed by atoms with Gasteiger partial charge in [-0.3, -0.25) is 0 Å². The van der Waals surface area contributed by atoms with Crippen molar-refractivity contribution in [1.29, 1.82) is 0 Å². The highest BCUT2D eigenvalue weighted by molar-refractivity contribution is 7.90. The number of halogens is 3. The summed E-state index contributed by atoms with van der Waals surface area (Å²) in [5, 5.41) is 0. The van der Waals surface area contributed by atoms with Crippen LogP contribution in [0.25, 0.3) is 0 Å². The summed E-state index contributed by atoms with van der Waals surface area (Å²) in [4.78, 5) is 0. The lowest BCUT2D eigenvalue weighted by molar-refractivity contribution is -0.0448. The van der Waals surface area contributed by atoms with Crippen molar-refractivity contribution in [3.63, 3.8) is 0 Å². The van der Waals surface area contributed by atoms with Gasteiger partial charge in [0.2, 0.25) is 0 Å². The van der Waals surface area contributed by atoms with E-state index < -0.39 is 15.5 Å². The molecule has 0 heterocycles. The molecule has 8 heteroatoms. The molecule has 0 aliphatic heterocycles. The number of nitrogens with one attached hydrogen (secondary N) is 1. The fourth-order valence-corrected chi connectivity index (χ4v) is 2.11. The SMILES string of the molecule is CCC(CCCC(C)N)CNS(=O)(=O)C(F)(F)F. The molecule has 110 valence electrons. The number of nitrogens with two attached hydrogens (primary N) is 1. The average molecular weight is 290 g/mol. The van der Waals surface area contributed by atoms with Crippen LogP contribution in [0.4, 0.5) is 13.2 Å². The van der Waals surface area contributed by atoms with Gasteiger partial charge in [-0.25, -0.2) is 13.1 Å². The first kappa shape index (κ1) is 17.7. The molecule has 2 unspecified atom stereocenters. The second-order valence-corrected chi connectivity index (χ2v) is 6.24. The Balaban J connectivity index is 4.16. The minimum absolute atomic E-state index is 0.0503. The van der Waals surface area contributed by atoms with Gasteiger partial charge in [-0.1, -0.05) is 19.8 Å². The van der Waals surface area contributed by atoms with Crippen molar-refractivity contribution in [3.05, 3.63) is 0 Å². The van der Waals surface area contributed by atoms with Crippen molar-refractivity contribution >= 4 is 10.0 Å². The molecule has 0 aromatic carbocycles. The molecule has 0 aromatic heterocycles. The molecule has 18 heavy (non-hydrogen) atoms. The molecule has 0 amide bonds. The fourth-order valence-electron chi connectivity index (χ4n) is 1.49. The monoisotopic (exact) mass is 290 g/mol. The number of rotatable bonds is 8. The van der Waals surface area contributed by atoms with Gasteiger partial charge in [-0.05, 0) is 25.7 Å². The predicted molar refractivity (Wildman–Crippen MR) is 64.3 cm³/mol. The van der Waals surface area contributed by atoms with Crippen LogP contribution in [0.1, 0.15) is 39.5 Å². The number of alkyl halides is 3. The van der Waals surface area contributed by atoms with Crippen LogP contribution in [0, 0.1) is 5.92 Å². The van der Waals surface area contributed by atoms with Crippen molar-refractivity contribution in [2.45, 2.75) is 51.1 Å². The van der Waals surface area contributed by atoms with Crippen LogP contribution in [0.2, 0.25) is 0 Å². The van der Waals surface area contributed by atoms with Gasteiger partial charge in [0.15, 0.2) is 0 Å². The molecule has 0 rings (SSSR count). The van der Waals surface area contributed by atoms with Gasteiger partial charge in [-0.2, -0.15) is 13.2 Å². The average Bonchev–Trinajstić information content (AvgIpc) is 2.20. The van der Waals surface area contributed by atoms with Gasteiger partial charge < -0.3 is 5.73 Å². The third kappa shape index (κ3) is 6.55. The first-order valence-corrected chi connectivity index (χ1v) is 7.40. The van der Waals surface area contributed by atoms with E-state index in [4.69, 9.17) is 5.73 Å². The Kier molecular flexibility index (Phi) is 7.16. The third-order valence-electron chi connectivity index (χ3n) is 2.72. The molecule has 0 radical (unpaired) electrons. The van der Waals surface area contributed by atoms with Crippen LogP contribution in [0.5, 0.6) is 0 Å². The lowest BCUT2D eigenvalue weighted by Crippen LogP contribution is -2.39. The van der Waals surface area contributed by atoms with Crippen molar-refractivity contribution < 1.29 is 21.6 Å². The van der Waals surface area contributed by atoms with Gasteiger partial charge >= 0.3 is 15.5 Å². The molecular formula is C10H21F3N2O2S. The molecule has 3 N–H and O–H groups in total. The first-order valence-electron chi connectivity index (χ1n) is 5.91. The van der Waals surface area contributed by atoms with E-state index >= 15 is 0 Å². The van der Waals surface area contributed by atoms with E-state index in [9.17, 15) is 21.6 Å². The Morgan fingerprint density at radius 1 is 1.28 bits per heavy atom. The van der Waals surface area contributed by atoms with E-state index in [0.717, 1.165) is 12.8 Å². The maximum atomic E-state index is 12.1. The topological polar surface area (TPSA) is 72.2 Å². The largest absolute Gasteiger partial charge is 0.511 e. The van der Waals surface area contributed by atoms with E-state index in [1.807, 2.05) is 13.8 Å². The van der Waals surface area contributed by atoms with Crippen LogP contribution in [-0.2, 0) is 10.0 Å². The van der Waals surface area contributed by atoms with Crippen molar-refractivity contribution in [1.82, 2.24) is 4.72 Å². The molecule has 4 nitrogen and oxygen atoms in total. The molecule has 0 aliphatic rings. The third-order valence-corrected chi connectivity index (χ3v) is 3.87. The molecular weight excluding hydrogens is 269 g/mol. The minimum atomic E-state index is -5.24. The maximum absolute atomic E-state index is 12.1. The summed E-state index contributed by atoms with van der Waals surface area (Å²) in [5.74, 6) is -0.0964. The molecule has 0 fully saturated rings. The van der Waals surface area contributed by atoms with E-state index in [2.05, 4.69) is 0 Å². The lowest BCUT2D eigenvalue weighted by atomic mass is 9.98. The summed E-state index contributed by atoms with van der Waals surface area (Å²) in [6.07, 6.45) is 2.85. The summed E-state index contributed by atoms with van der Waals surface area (Å²) in [6, 6.07) is 0.0503. The van der Waals surface area contributed by atoms with Crippen molar-refractivity contribution in [2.24, 2.45) is 11.7 Å². The summed E-state index contributed by atoms with van der Waals surface area (Å²) in [7, 11) is -5.22. The maximum Gasteiger partial charge on any atom is 0.511 e. The van der Waals surface area contributed by atoms with E-state index in [1.165, 1.54) is 0 Å². The highest BCUT2D eigenvalue weighted by Crippen LogP contribution is 2.22. The number of hydrogen-bond donors (Lipinski definition) is 2. The van der Waals surface area contributed by atoms with Crippen molar-refractivity contribution in [2.75, 3.05) is 6.54 Å². The number of sulfonamides is 1. The standard InChI is InChI=1S/C10H21F3N2O2S/c1-3-9(6-4-5-8(2)14)7-15-18(16,17)10(11,12)13/h8-9,15H,3-7,14H2,1-2H3. The second-order valence-electron chi connectivity index (χ2n) is 4.48.